The molecule has 0 aliphatic rings. The molecule has 3 aromatic rings. The highest BCUT2D eigenvalue weighted by molar-refractivity contribution is 5.84. The van der Waals surface area contributed by atoms with Crippen molar-refractivity contribution >= 4 is 5.97 Å². The third kappa shape index (κ3) is 3.89. The van der Waals surface area contributed by atoms with Crippen molar-refractivity contribution in [3.63, 3.8) is 0 Å². The van der Waals surface area contributed by atoms with Crippen LogP contribution in [0.4, 0.5) is 0 Å². The van der Waals surface area contributed by atoms with Gasteiger partial charge in [0.15, 0.2) is 5.69 Å². The first-order chi connectivity index (χ1) is 12.0. The van der Waals surface area contributed by atoms with E-state index in [2.05, 4.69) is 4.98 Å². The molecule has 0 fully saturated rings. The Morgan fingerprint density at radius 1 is 0.920 bits per heavy atom. The van der Waals surface area contributed by atoms with Crippen LogP contribution in [-0.2, 0) is 13.1 Å². The first-order valence-corrected chi connectivity index (χ1v) is 7.56. The second-order valence-electron chi connectivity index (χ2n) is 5.53. The van der Waals surface area contributed by atoms with Gasteiger partial charge in [0, 0.05) is 18.5 Å². The Labute approximate surface area is 142 Å². The normalized spacial score (nSPS) is 10.6. The van der Waals surface area contributed by atoms with E-state index in [-0.39, 0.29) is 23.4 Å². The van der Waals surface area contributed by atoms with Crippen LogP contribution < -0.4 is 11.1 Å². The largest absolute Gasteiger partial charge is 0.476 e. The van der Waals surface area contributed by atoms with Crippen LogP contribution in [0.1, 0.15) is 21.6 Å². The minimum absolute atomic E-state index is 0.0730. The zero-order chi connectivity index (χ0) is 17.8. The number of hydrogen-bond acceptors (Lipinski definition) is 4. The van der Waals surface area contributed by atoms with Gasteiger partial charge in [-0.25, -0.2) is 9.78 Å². The molecule has 0 aliphatic carbocycles. The zero-order valence-corrected chi connectivity index (χ0v) is 13.2. The van der Waals surface area contributed by atoms with Gasteiger partial charge in [-0.3, -0.25) is 9.59 Å². The molecule has 0 atom stereocenters. The van der Waals surface area contributed by atoms with Crippen LogP contribution in [0.25, 0.3) is 0 Å². The van der Waals surface area contributed by atoms with Gasteiger partial charge in [-0.15, -0.1) is 0 Å². The lowest BCUT2D eigenvalue weighted by Gasteiger charge is -2.08. The number of aromatic nitrogens is 3. The van der Waals surface area contributed by atoms with Crippen molar-refractivity contribution in [2.75, 3.05) is 0 Å². The van der Waals surface area contributed by atoms with Crippen LogP contribution in [-0.4, -0.2) is 25.2 Å². The molecule has 1 aromatic carbocycles. The maximum atomic E-state index is 11.8. The smallest absolute Gasteiger partial charge is 0.356 e. The highest BCUT2D eigenvalue weighted by Crippen LogP contribution is 2.07. The Morgan fingerprint density at radius 2 is 1.56 bits per heavy atom. The predicted octanol–water partition coefficient (Wildman–Crippen LogP) is 1.20. The number of nitrogens with zero attached hydrogens (tertiary/aromatic N) is 3. The molecule has 2 aromatic heterocycles. The van der Waals surface area contributed by atoms with Crippen molar-refractivity contribution in [1.82, 2.24) is 14.1 Å². The van der Waals surface area contributed by atoms with Crippen LogP contribution in [0, 0.1) is 0 Å². The molecule has 1 N–H and O–H groups in total. The summed E-state index contributed by atoms with van der Waals surface area (Å²) in [5, 5.41) is 8.96. The number of carbonyl (C=O) groups is 1. The fraction of sp³-hybridized carbons (Fsp3) is 0.111. The van der Waals surface area contributed by atoms with Gasteiger partial charge in [-0.2, -0.15) is 0 Å². The molecule has 0 saturated carbocycles. The number of rotatable bonds is 5. The number of carboxylic acids is 1. The molecule has 126 valence electrons. The number of hydrogen-bond donors (Lipinski definition) is 1. The standard InChI is InChI=1S/C18H15N3O4/c22-16-3-1-2-8-20(16)10-13-4-6-14(7-5-13)11-21-12-15(18(24)25)19-9-17(21)23/h1-9,12H,10-11H2,(H,24,25). The third-order valence-corrected chi connectivity index (χ3v) is 3.72. The monoisotopic (exact) mass is 337 g/mol. The molecule has 0 unspecified atom stereocenters. The molecule has 0 radical (unpaired) electrons. The number of carboxylic acid groups (broad SMARTS) is 1. The molecule has 0 amide bonds. The Morgan fingerprint density at radius 3 is 2.16 bits per heavy atom. The second-order valence-corrected chi connectivity index (χ2v) is 5.53. The lowest BCUT2D eigenvalue weighted by molar-refractivity contribution is 0.0689. The summed E-state index contributed by atoms with van der Waals surface area (Å²) in [6.45, 7) is 0.700. The number of aromatic carboxylic acids is 1. The molecule has 0 spiro atoms. The van der Waals surface area contributed by atoms with Crippen molar-refractivity contribution in [2.24, 2.45) is 0 Å². The van der Waals surface area contributed by atoms with Gasteiger partial charge in [0.25, 0.3) is 11.1 Å². The predicted molar refractivity (Wildman–Crippen MR) is 90.8 cm³/mol. The number of pyridine rings is 1. The van der Waals surface area contributed by atoms with E-state index in [0.29, 0.717) is 6.54 Å². The maximum Gasteiger partial charge on any atom is 0.356 e. The highest BCUT2D eigenvalue weighted by atomic mass is 16.4. The van der Waals surface area contributed by atoms with Gasteiger partial charge >= 0.3 is 5.97 Å². The summed E-state index contributed by atoms with van der Waals surface area (Å²) in [7, 11) is 0. The maximum absolute atomic E-state index is 11.8. The molecule has 0 saturated heterocycles. The van der Waals surface area contributed by atoms with Crippen molar-refractivity contribution in [3.05, 3.63) is 98.6 Å². The van der Waals surface area contributed by atoms with Crippen molar-refractivity contribution < 1.29 is 9.90 Å². The first-order valence-electron chi connectivity index (χ1n) is 7.56. The van der Waals surface area contributed by atoms with Crippen LogP contribution in [0.15, 0.2) is 70.6 Å². The van der Waals surface area contributed by atoms with Crippen molar-refractivity contribution in [1.29, 1.82) is 0 Å². The minimum Gasteiger partial charge on any atom is -0.476 e. The van der Waals surface area contributed by atoms with E-state index in [0.717, 1.165) is 17.3 Å². The summed E-state index contributed by atoms with van der Waals surface area (Å²) >= 11 is 0. The lowest BCUT2D eigenvalue weighted by atomic mass is 10.1. The van der Waals surface area contributed by atoms with E-state index in [9.17, 15) is 14.4 Å². The summed E-state index contributed by atoms with van der Waals surface area (Å²) in [5.41, 5.74) is 1.17. The summed E-state index contributed by atoms with van der Waals surface area (Å²) < 4.78 is 2.90. The SMILES string of the molecule is O=C(O)c1cn(Cc2ccc(Cn3ccccc3=O)cc2)c(=O)cn1. The fourth-order valence-electron chi connectivity index (χ4n) is 2.41. The van der Waals surface area contributed by atoms with Crippen LogP contribution in [0.5, 0.6) is 0 Å². The molecule has 3 rings (SSSR count). The second kappa shape index (κ2) is 6.96. The van der Waals surface area contributed by atoms with E-state index < -0.39 is 5.97 Å². The van der Waals surface area contributed by atoms with Crippen LogP contribution >= 0.6 is 0 Å². The molecular weight excluding hydrogens is 322 g/mol. The Hall–Kier alpha value is -3.48. The minimum atomic E-state index is -1.18. The van der Waals surface area contributed by atoms with Crippen molar-refractivity contribution in [2.45, 2.75) is 13.1 Å². The van der Waals surface area contributed by atoms with Gasteiger partial charge in [-0.05, 0) is 17.2 Å². The van der Waals surface area contributed by atoms with Gasteiger partial charge in [-0.1, -0.05) is 30.3 Å². The molecule has 2 heterocycles. The molecule has 7 nitrogen and oxygen atoms in total. The zero-order valence-electron chi connectivity index (χ0n) is 13.2. The Kier molecular flexibility index (Phi) is 4.56. The van der Waals surface area contributed by atoms with Gasteiger partial charge in [0.2, 0.25) is 0 Å². The quantitative estimate of drug-likeness (QED) is 0.755. The molecule has 7 heteroatoms. The van der Waals surface area contributed by atoms with E-state index in [1.165, 1.54) is 16.8 Å². The van der Waals surface area contributed by atoms with Gasteiger partial charge in [0.1, 0.15) is 0 Å². The van der Waals surface area contributed by atoms with E-state index in [1.54, 1.807) is 22.9 Å². The van der Waals surface area contributed by atoms with Gasteiger partial charge in [0.05, 0.1) is 19.3 Å². The average molecular weight is 337 g/mol. The number of benzene rings is 1. The van der Waals surface area contributed by atoms with Crippen LogP contribution in [0.2, 0.25) is 0 Å². The Balaban J connectivity index is 1.78. The van der Waals surface area contributed by atoms with Gasteiger partial charge < -0.3 is 14.2 Å². The fourth-order valence-corrected chi connectivity index (χ4v) is 2.41. The summed E-state index contributed by atoms with van der Waals surface area (Å²) in [6, 6.07) is 12.4. The highest BCUT2D eigenvalue weighted by Gasteiger charge is 2.07. The molecular formula is C18H15N3O4. The average Bonchev–Trinajstić information content (AvgIpc) is 2.60. The summed E-state index contributed by atoms with van der Waals surface area (Å²) in [4.78, 5) is 38.1. The summed E-state index contributed by atoms with van der Waals surface area (Å²) in [5.74, 6) is -1.18. The van der Waals surface area contributed by atoms with Crippen LogP contribution in [0.3, 0.4) is 0 Å². The Bertz CT molecular complexity index is 1020. The first kappa shape index (κ1) is 16.4. The topological polar surface area (TPSA) is 94.2 Å². The summed E-state index contributed by atoms with van der Waals surface area (Å²) in [6.07, 6.45) is 3.95. The molecule has 25 heavy (non-hydrogen) atoms. The third-order valence-electron chi connectivity index (χ3n) is 3.72. The van der Waals surface area contributed by atoms with E-state index in [1.807, 2.05) is 24.3 Å². The lowest BCUT2D eigenvalue weighted by Crippen LogP contribution is -2.22. The van der Waals surface area contributed by atoms with E-state index >= 15 is 0 Å². The molecule has 0 aliphatic heterocycles. The van der Waals surface area contributed by atoms with E-state index in [4.69, 9.17) is 5.11 Å². The van der Waals surface area contributed by atoms with Crippen molar-refractivity contribution in [3.8, 4) is 0 Å². The molecule has 0 bridgehead atoms.